The second-order valence-corrected chi connectivity index (χ2v) is 7.08. The number of hydrogen-bond acceptors (Lipinski definition) is 4. The summed E-state index contributed by atoms with van der Waals surface area (Å²) >= 11 is 7.63. The van der Waals surface area contributed by atoms with Crippen LogP contribution >= 0.6 is 23.4 Å². The Kier molecular flexibility index (Phi) is 5.50. The maximum Gasteiger partial charge on any atom is 0.265 e. The number of halogens is 1. The van der Waals surface area contributed by atoms with Gasteiger partial charge in [-0.25, -0.2) is 0 Å². The summed E-state index contributed by atoms with van der Waals surface area (Å²) in [5.74, 6) is 0.917. The first kappa shape index (κ1) is 17.6. The molecule has 0 saturated heterocycles. The van der Waals surface area contributed by atoms with Crippen LogP contribution < -0.4 is 15.4 Å². The van der Waals surface area contributed by atoms with Gasteiger partial charge in [-0.15, -0.1) is 11.8 Å². The number of fused-ring (bicyclic) bond motifs is 1. The number of anilines is 2. The average Bonchev–Trinajstić information content (AvgIpc) is 2.58. The van der Waals surface area contributed by atoms with E-state index in [1.54, 1.807) is 25.1 Å². The van der Waals surface area contributed by atoms with Crippen LogP contribution in [0.25, 0.3) is 0 Å². The molecule has 0 saturated carbocycles. The molecule has 1 aliphatic heterocycles. The van der Waals surface area contributed by atoms with E-state index in [-0.39, 0.29) is 11.8 Å². The fraction of sp³-hybridized carbons (Fsp3) is 0.222. The molecule has 25 heavy (non-hydrogen) atoms. The number of nitrogens with one attached hydrogen (secondary N) is 2. The van der Waals surface area contributed by atoms with Gasteiger partial charge in [0.1, 0.15) is 5.75 Å². The molecule has 1 aliphatic rings. The smallest absolute Gasteiger partial charge is 0.265 e. The molecule has 1 unspecified atom stereocenters. The quantitative estimate of drug-likeness (QED) is 0.768. The number of rotatable bonds is 5. The minimum absolute atomic E-state index is 0.101. The Labute approximate surface area is 155 Å². The van der Waals surface area contributed by atoms with E-state index in [0.29, 0.717) is 34.3 Å². The summed E-state index contributed by atoms with van der Waals surface area (Å²) in [4.78, 5) is 24.7. The third kappa shape index (κ3) is 4.46. The van der Waals surface area contributed by atoms with Crippen molar-refractivity contribution in [3.8, 4) is 5.75 Å². The Hall–Kier alpha value is -2.18. The molecule has 0 bridgehead atoms. The van der Waals surface area contributed by atoms with Gasteiger partial charge in [0.05, 0.1) is 10.7 Å². The Morgan fingerprint density at radius 1 is 1.32 bits per heavy atom. The van der Waals surface area contributed by atoms with Gasteiger partial charge in [-0.05, 0) is 37.3 Å². The van der Waals surface area contributed by atoms with Crippen molar-refractivity contribution < 1.29 is 14.3 Å². The summed E-state index contributed by atoms with van der Waals surface area (Å²) < 4.78 is 5.49. The number of amides is 2. The maximum absolute atomic E-state index is 12.1. The topological polar surface area (TPSA) is 67.4 Å². The van der Waals surface area contributed by atoms with Crippen LogP contribution in [-0.2, 0) is 9.59 Å². The minimum Gasteiger partial charge on any atom is -0.479 e. The lowest BCUT2D eigenvalue weighted by molar-refractivity contribution is -0.122. The molecular weight excluding hydrogens is 360 g/mol. The summed E-state index contributed by atoms with van der Waals surface area (Å²) in [7, 11) is 0. The van der Waals surface area contributed by atoms with E-state index in [1.807, 2.05) is 24.3 Å². The van der Waals surface area contributed by atoms with Crippen LogP contribution in [-0.4, -0.2) is 23.7 Å². The fourth-order valence-corrected chi connectivity index (χ4v) is 3.51. The summed E-state index contributed by atoms with van der Waals surface area (Å²) in [6.45, 7) is 1.69. The van der Waals surface area contributed by atoms with Crippen molar-refractivity contribution in [2.75, 3.05) is 16.4 Å². The van der Waals surface area contributed by atoms with Gasteiger partial charge in [0.15, 0.2) is 6.10 Å². The van der Waals surface area contributed by atoms with E-state index >= 15 is 0 Å². The van der Waals surface area contributed by atoms with Crippen molar-refractivity contribution in [3.63, 3.8) is 0 Å². The number of ether oxygens (including phenoxy) is 1. The highest BCUT2D eigenvalue weighted by Gasteiger charge is 2.23. The van der Waals surface area contributed by atoms with Crippen LogP contribution in [0.3, 0.4) is 0 Å². The Morgan fingerprint density at radius 2 is 2.12 bits per heavy atom. The Morgan fingerprint density at radius 3 is 2.92 bits per heavy atom. The van der Waals surface area contributed by atoms with Crippen LogP contribution in [0.1, 0.15) is 13.3 Å². The largest absolute Gasteiger partial charge is 0.479 e. The van der Waals surface area contributed by atoms with E-state index in [9.17, 15) is 9.59 Å². The predicted octanol–water partition coefficient (Wildman–Crippen LogP) is 4.18. The second-order valence-electron chi connectivity index (χ2n) is 5.54. The molecular formula is C18H17ClN2O3S. The first-order chi connectivity index (χ1) is 12.0. The third-order valence-corrected chi connectivity index (χ3v) is 5.13. The van der Waals surface area contributed by atoms with Crippen molar-refractivity contribution >= 4 is 46.6 Å². The van der Waals surface area contributed by atoms with Gasteiger partial charge < -0.3 is 15.4 Å². The second kappa shape index (κ2) is 7.80. The van der Waals surface area contributed by atoms with E-state index in [2.05, 4.69) is 10.6 Å². The highest BCUT2D eigenvalue weighted by Crippen LogP contribution is 2.32. The maximum atomic E-state index is 12.1. The predicted molar refractivity (Wildman–Crippen MR) is 101 cm³/mol. The lowest BCUT2D eigenvalue weighted by Crippen LogP contribution is -2.34. The van der Waals surface area contributed by atoms with Crippen molar-refractivity contribution in [1.82, 2.24) is 0 Å². The SMILES string of the molecule is CC1Oc2ccc(NC(=O)CCSc3ccccc3Cl)cc2NC1=O. The van der Waals surface area contributed by atoms with Gasteiger partial charge in [0.25, 0.3) is 5.91 Å². The molecule has 0 spiro atoms. The standard InChI is InChI=1S/C18H17ClN2O3S/c1-11-18(23)21-14-10-12(6-7-15(14)24-11)20-17(22)8-9-25-16-5-3-2-4-13(16)19/h2-7,10-11H,8-9H2,1H3,(H,20,22)(H,21,23). The highest BCUT2D eigenvalue weighted by molar-refractivity contribution is 7.99. The lowest BCUT2D eigenvalue weighted by Gasteiger charge is -2.23. The molecule has 130 valence electrons. The van der Waals surface area contributed by atoms with E-state index in [1.165, 1.54) is 11.8 Å². The molecule has 1 heterocycles. The zero-order chi connectivity index (χ0) is 17.8. The number of benzene rings is 2. The first-order valence-corrected chi connectivity index (χ1v) is 9.18. The highest BCUT2D eigenvalue weighted by atomic mass is 35.5. The molecule has 3 rings (SSSR count). The molecule has 7 heteroatoms. The summed E-state index contributed by atoms with van der Waals surface area (Å²) in [6.07, 6.45) is -0.165. The number of carbonyl (C=O) groups is 2. The lowest BCUT2D eigenvalue weighted by atomic mass is 10.2. The van der Waals surface area contributed by atoms with Crippen LogP contribution in [0.4, 0.5) is 11.4 Å². The van der Waals surface area contributed by atoms with Crippen molar-refractivity contribution in [1.29, 1.82) is 0 Å². The van der Waals surface area contributed by atoms with Gasteiger partial charge in [0.2, 0.25) is 5.91 Å². The summed E-state index contributed by atoms with van der Waals surface area (Å²) in [5, 5.41) is 6.27. The monoisotopic (exact) mass is 376 g/mol. The minimum atomic E-state index is -0.519. The van der Waals surface area contributed by atoms with E-state index in [4.69, 9.17) is 16.3 Å². The zero-order valence-electron chi connectivity index (χ0n) is 13.5. The Balaban J connectivity index is 1.54. The molecule has 0 fully saturated rings. The van der Waals surface area contributed by atoms with Gasteiger partial charge in [0, 0.05) is 22.8 Å². The molecule has 2 aromatic carbocycles. The van der Waals surface area contributed by atoms with Crippen LogP contribution in [0, 0.1) is 0 Å². The van der Waals surface area contributed by atoms with Crippen LogP contribution in [0.5, 0.6) is 5.75 Å². The third-order valence-electron chi connectivity index (χ3n) is 3.62. The normalized spacial score (nSPS) is 15.8. The Bertz CT molecular complexity index is 813. The van der Waals surface area contributed by atoms with Gasteiger partial charge >= 0.3 is 0 Å². The van der Waals surface area contributed by atoms with Gasteiger partial charge in [-0.3, -0.25) is 9.59 Å². The molecule has 0 aliphatic carbocycles. The molecule has 0 radical (unpaired) electrons. The van der Waals surface area contributed by atoms with Crippen molar-refractivity contribution in [3.05, 3.63) is 47.5 Å². The van der Waals surface area contributed by atoms with Crippen LogP contribution in [0.15, 0.2) is 47.4 Å². The van der Waals surface area contributed by atoms with Gasteiger partial charge in [-0.1, -0.05) is 23.7 Å². The molecule has 2 amide bonds. The summed E-state index contributed by atoms with van der Waals surface area (Å²) in [6, 6.07) is 12.7. The zero-order valence-corrected chi connectivity index (χ0v) is 15.1. The average molecular weight is 377 g/mol. The van der Waals surface area contributed by atoms with Crippen molar-refractivity contribution in [2.24, 2.45) is 0 Å². The number of thioether (sulfide) groups is 1. The number of carbonyl (C=O) groups excluding carboxylic acids is 2. The number of hydrogen-bond donors (Lipinski definition) is 2. The fourth-order valence-electron chi connectivity index (χ4n) is 2.33. The molecule has 2 aromatic rings. The summed E-state index contributed by atoms with van der Waals surface area (Å²) in [5.41, 5.74) is 1.18. The first-order valence-electron chi connectivity index (χ1n) is 7.81. The molecule has 5 nitrogen and oxygen atoms in total. The van der Waals surface area contributed by atoms with E-state index < -0.39 is 6.10 Å². The van der Waals surface area contributed by atoms with Crippen LogP contribution in [0.2, 0.25) is 5.02 Å². The van der Waals surface area contributed by atoms with Gasteiger partial charge in [-0.2, -0.15) is 0 Å². The van der Waals surface area contributed by atoms with Crippen molar-refractivity contribution in [2.45, 2.75) is 24.3 Å². The molecule has 2 N–H and O–H groups in total. The molecule has 1 atom stereocenters. The van der Waals surface area contributed by atoms with E-state index in [0.717, 1.165) is 4.90 Å². The molecule has 0 aromatic heterocycles.